The molecule has 3 rings (SSSR count). The number of phenolic OH excluding ortho intramolecular Hbond substituents is 1. The SMILES string of the molecule is COc1cccc([C@@H]2[NH2+][C@@](CCSC)(C(=O)[O-])[C@@H]3C(=O)N(C)C(=O)[C@@H]32)c1O. The number of rotatable bonds is 6. The summed E-state index contributed by atoms with van der Waals surface area (Å²) in [6.07, 6.45) is 2.01. The van der Waals surface area contributed by atoms with Crippen LogP contribution in [0.15, 0.2) is 18.2 Å². The van der Waals surface area contributed by atoms with Gasteiger partial charge in [0.15, 0.2) is 17.0 Å². The maximum absolute atomic E-state index is 12.8. The van der Waals surface area contributed by atoms with Crippen LogP contribution in [-0.2, 0) is 14.4 Å². The first-order valence-electron chi connectivity index (χ1n) is 8.53. The van der Waals surface area contributed by atoms with Crippen molar-refractivity contribution in [1.29, 1.82) is 0 Å². The predicted molar refractivity (Wildman–Crippen MR) is 94.8 cm³/mol. The van der Waals surface area contributed by atoms with Crippen LogP contribution < -0.4 is 15.2 Å². The Bertz CT molecular complexity index is 800. The number of methoxy groups -OCH3 is 1. The van der Waals surface area contributed by atoms with E-state index in [-0.39, 0.29) is 17.9 Å². The number of fused-ring (bicyclic) bond motifs is 1. The third-order valence-electron chi connectivity index (χ3n) is 5.70. The van der Waals surface area contributed by atoms with Gasteiger partial charge in [-0.3, -0.25) is 14.5 Å². The molecule has 2 heterocycles. The van der Waals surface area contributed by atoms with E-state index in [1.54, 1.807) is 18.2 Å². The number of thioether (sulfide) groups is 1. The molecule has 2 saturated heterocycles. The third-order valence-corrected chi connectivity index (χ3v) is 6.31. The zero-order valence-electron chi connectivity index (χ0n) is 15.3. The molecule has 2 aliphatic heterocycles. The summed E-state index contributed by atoms with van der Waals surface area (Å²) in [5.41, 5.74) is -1.20. The summed E-state index contributed by atoms with van der Waals surface area (Å²) in [4.78, 5) is 38.7. The molecule has 9 heteroatoms. The van der Waals surface area contributed by atoms with Crippen LogP contribution in [0.5, 0.6) is 11.5 Å². The van der Waals surface area contributed by atoms with Crippen LogP contribution in [0.2, 0.25) is 0 Å². The quantitative estimate of drug-likeness (QED) is 0.562. The molecule has 0 radical (unpaired) electrons. The molecular weight excluding hydrogens is 372 g/mol. The lowest BCUT2D eigenvalue weighted by atomic mass is 9.78. The Hall–Kier alpha value is -2.26. The number of benzene rings is 1. The number of carboxylic acids is 1. The zero-order valence-corrected chi connectivity index (χ0v) is 16.1. The second-order valence-electron chi connectivity index (χ2n) is 6.90. The maximum atomic E-state index is 12.8. The highest BCUT2D eigenvalue weighted by Crippen LogP contribution is 2.47. The van der Waals surface area contributed by atoms with E-state index in [2.05, 4.69) is 0 Å². The van der Waals surface area contributed by atoms with E-state index in [1.165, 1.54) is 31.2 Å². The molecule has 2 aliphatic rings. The summed E-state index contributed by atoms with van der Waals surface area (Å²) < 4.78 is 5.13. The minimum atomic E-state index is -1.56. The van der Waals surface area contributed by atoms with Gasteiger partial charge in [0.25, 0.3) is 0 Å². The second kappa shape index (κ2) is 7.05. The van der Waals surface area contributed by atoms with Gasteiger partial charge in [0.05, 0.1) is 12.7 Å². The topological polar surface area (TPSA) is 124 Å². The highest BCUT2D eigenvalue weighted by Gasteiger charge is 2.69. The van der Waals surface area contributed by atoms with E-state index in [0.29, 0.717) is 11.3 Å². The number of phenols is 1. The Kier molecular flexibility index (Phi) is 5.09. The molecule has 27 heavy (non-hydrogen) atoms. The van der Waals surface area contributed by atoms with Crippen molar-refractivity contribution in [3.63, 3.8) is 0 Å². The number of nitrogens with zero attached hydrogens (tertiary/aromatic N) is 1. The third kappa shape index (κ3) is 2.76. The number of carboxylic acid groups (broad SMARTS) is 1. The van der Waals surface area contributed by atoms with Crippen molar-refractivity contribution in [1.82, 2.24) is 4.90 Å². The van der Waals surface area contributed by atoms with Crippen LogP contribution in [0.25, 0.3) is 0 Å². The van der Waals surface area contributed by atoms with Crippen molar-refractivity contribution in [3.8, 4) is 11.5 Å². The van der Waals surface area contributed by atoms with Crippen molar-refractivity contribution in [2.24, 2.45) is 11.8 Å². The summed E-state index contributed by atoms with van der Waals surface area (Å²) in [7, 11) is 2.77. The standard InChI is InChI=1S/C18H22N2O6S/c1-20-15(22)11-12(16(20)23)18(17(24)25,7-8-27-3)19-13(11)9-5-4-6-10(26-2)14(9)21/h4-6,11-13,19,21H,7-8H2,1-3H3,(H,24,25)/t11-,12-,13-,18+/m0/s1. The Morgan fingerprint density at radius 1 is 1.41 bits per heavy atom. The fourth-order valence-corrected chi connectivity index (χ4v) is 4.87. The summed E-state index contributed by atoms with van der Waals surface area (Å²) >= 11 is 1.46. The van der Waals surface area contributed by atoms with Crippen molar-refractivity contribution < 1.29 is 34.7 Å². The van der Waals surface area contributed by atoms with Gasteiger partial charge in [-0.25, -0.2) is 0 Å². The lowest BCUT2D eigenvalue weighted by Gasteiger charge is -2.32. The van der Waals surface area contributed by atoms with Crippen LogP contribution in [0.4, 0.5) is 0 Å². The highest BCUT2D eigenvalue weighted by molar-refractivity contribution is 7.98. The number of aromatic hydroxyl groups is 1. The van der Waals surface area contributed by atoms with Crippen molar-refractivity contribution >= 4 is 29.5 Å². The number of aliphatic carboxylic acids is 1. The number of ether oxygens (including phenoxy) is 1. The monoisotopic (exact) mass is 394 g/mol. The molecule has 1 aromatic rings. The van der Waals surface area contributed by atoms with Gasteiger partial charge < -0.3 is 25.1 Å². The van der Waals surface area contributed by atoms with Crippen LogP contribution in [0.1, 0.15) is 18.0 Å². The van der Waals surface area contributed by atoms with Gasteiger partial charge in [-0.05, 0) is 24.1 Å². The Labute approximate surface area is 160 Å². The van der Waals surface area contributed by atoms with Gasteiger partial charge in [0.1, 0.15) is 23.8 Å². The number of imide groups is 1. The van der Waals surface area contributed by atoms with Crippen LogP contribution in [0, 0.1) is 11.8 Å². The van der Waals surface area contributed by atoms with E-state index in [9.17, 15) is 24.6 Å². The number of quaternary nitrogens is 1. The van der Waals surface area contributed by atoms with Crippen LogP contribution in [-0.4, -0.2) is 59.5 Å². The van der Waals surface area contributed by atoms with E-state index in [4.69, 9.17) is 4.74 Å². The fourth-order valence-electron chi connectivity index (χ4n) is 4.33. The number of nitrogens with two attached hydrogens (primary N) is 1. The molecule has 146 valence electrons. The van der Waals surface area contributed by atoms with E-state index in [1.807, 2.05) is 6.26 Å². The van der Waals surface area contributed by atoms with E-state index < -0.39 is 41.2 Å². The summed E-state index contributed by atoms with van der Waals surface area (Å²) in [5, 5.41) is 24.3. The largest absolute Gasteiger partial charge is 0.544 e. The Morgan fingerprint density at radius 3 is 2.70 bits per heavy atom. The lowest BCUT2D eigenvalue weighted by molar-refractivity contribution is -0.739. The summed E-state index contributed by atoms with van der Waals surface area (Å²) in [5.74, 6) is -3.70. The minimum absolute atomic E-state index is 0.159. The first kappa shape index (κ1) is 19.5. The number of amides is 2. The molecule has 0 aliphatic carbocycles. The smallest absolute Gasteiger partial charge is 0.239 e. The fraction of sp³-hybridized carbons (Fsp3) is 0.500. The molecule has 2 amide bonds. The molecule has 2 fully saturated rings. The van der Waals surface area contributed by atoms with Crippen molar-refractivity contribution in [2.75, 3.05) is 26.2 Å². The van der Waals surface area contributed by atoms with Gasteiger partial charge in [-0.2, -0.15) is 11.8 Å². The zero-order chi connectivity index (χ0) is 19.9. The first-order chi connectivity index (χ1) is 12.8. The number of likely N-dealkylation sites (tertiary alicyclic amines) is 1. The molecule has 1 aromatic carbocycles. The molecule has 8 nitrogen and oxygen atoms in total. The number of carbonyl (C=O) groups excluding carboxylic acids is 3. The van der Waals surface area contributed by atoms with Gasteiger partial charge in [0.2, 0.25) is 11.8 Å². The average Bonchev–Trinajstić information content (AvgIpc) is 3.11. The van der Waals surface area contributed by atoms with Gasteiger partial charge >= 0.3 is 0 Å². The molecule has 0 aromatic heterocycles. The molecule has 0 saturated carbocycles. The predicted octanol–water partition coefficient (Wildman–Crippen LogP) is -1.51. The Balaban J connectivity index is 2.15. The number of hydrogen-bond acceptors (Lipinski definition) is 7. The van der Waals surface area contributed by atoms with Gasteiger partial charge in [-0.15, -0.1) is 0 Å². The van der Waals surface area contributed by atoms with Crippen molar-refractivity contribution in [2.45, 2.75) is 18.0 Å². The summed E-state index contributed by atoms with van der Waals surface area (Å²) in [6, 6.07) is 4.11. The average molecular weight is 394 g/mol. The van der Waals surface area contributed by atoms with Gasteiger partial charge in [-0.1, -0.05) is 6.07 Å². The number of hydrogen-bond donors (Lipinski definition) is 2. The maximum Gasteiger partial charge on any atom is 0.239 e. The van der Waals surface area contributed by atoms with Crippen LogP contribution in [0.3, 0.4) is 0 Å². The molecule has 0 spiro atoms. The molecule has 4 atom stereocenters. The highest BCUT2D eigenvalue weighted by atomic mass is 32.2. The normalized spacial score (nSPS) is 29.9. The first-order valence-corrected chi connectivity index (χ1v) is 9.93. The molecule has 3 N–H and O–H groups in total. The van der Waals surface area contributed by atoms with Crippen molar-refractivity contribution in [3.05, 3.63) is 23.8 Å². The van der Waals surface area contributed by atoms with Crippen LogP contribution >= 0.6 is 11.8 Å². The molecule has 0 bridgehead atoms. The van der Waals surface area contributed by atoms with E-state index >= 15 is 0 Å². The lowest BCUT2D eigenvalue weighted by Crippen LogP contribution is -2.99. The number of carbonyl (C=O) groups is 3. The number of para-hydroxylation sites is 1. The van der Waals surface area contributed by atoms with E-state index in [0.717, 1.165) is 4.90 Å². The molecular formula is C18H22N2O6S. The molecule has 0 unspecified atom stereocenters. The summed E-state index contributed by atoms with van der Waals surface area (Å²) in [6.45, 7) is 0. The van der Waals surface area contributed by atoms with Gasteiger partial charge in [0, 0.05) is 13.5 Å². The Morgan fingerprint density at radius 2 is 2.11 bits per heavy atom. The second-order valence-corrected chi connectivity index (χ2v) is 7.89. The minimum Gasteiger partial charge on any atom is -0.544 e.